The van der Waals surface area contributed by atoms with Crippen LogP contribution in [-0.2, 0) is 16.1 Å². The Morgan fingerprint density at radius 3 is 3.00 bits per heavy atom. The number of nitrogens with one attached hydrogen (secondary N) is 2. The van der Waals surface area contributed by atoms with Gasteiger partial charge in [-0.2, -0.15) is 0 Å². The molecule has 5 nitrogen and oxygen atoms in total. The average Bonchev–Trinajstić information content (AvgIpc) is 2.98. The van der Waals surface area contributed by atoms with Gasteiger partial charge in [0, 0.05) is 6.54 Å². The first-order valence-corrected chi connectivity index (χ1v) is 6.39. The molecular weight excluding hydrogens is 244 g/mol. The number of esters is 1. The van der Waals surface area contributed by atoms with E-state index in [1.54, 1.807) is 18.2 Å². The smallest absolute Gasteiger partial charge is 0.337 e. The van der Waals surface area contributed by atoms with E-state index in [2.05, 4.69) is 15.4 Å². The molecule has 5 heteroatoms. The lowest BCUT2D eigenvalue weighted by Crippen LogP contribution is -2.40. The van der Waals surface area contributed by atoms with Crippen molar-refractivity contribution in [1.29, 1.82) is 0 Å². The normalized spacial score (nSPS) is 18.1. The van der Waals surface area contributed by atoms with Crippen molar-refractivity contribution in [3.63, 3.8) is 0 Å². The molecule has 1 atom stereocenters. The number of ether oxygens (including phenoxy) is 1. The predicted molar refractivity (Wildman–Crippen MR) is 70.7 cm³/mol. The number of hydrogen-bond donors (Lipinski definition) is 2. The molecule has 0 aromatic heterocycles. The third-order valence-electron chi connectivity index (χ3n) is 3.19. The zero-order valence-electron chi connectivity index (χ0n) is 10.9. The maximum absolute atomic E-state index is 11.8. The molecule has 1 saturated heterocycles. The maximum atomic E-state index is 11.8. The number of methoxy groups -OCH3 is 1. The molecule has 0 aliphatic carbocycles. The highest BCUT2D eigenvalue weighted by Crippen LogP contribution is 2.08. The highest BCUT2D eigenvalue weighted by Gasteiger charge is 2.21. The summed E-state index contributed by atoms with van der Waals surface area (Å²) in [6.45, 7) is 1.32. The fourth-order valence-electron chi connectivity index (χ4n) is 2.15. The molecule has 1 unspecified atom stereocenters. The summed E-state index contributed by atoms with van der Waals surface area (Å²) in [5.74, 6) is -0.355. The van der Waals surface area contributed by atoms with Gasteiger partial charge in [-0.3, -0.25) is 4.79 Å². The number of benzene rings is 1. The summed E-state index contributed by atoms with van der Waals surface area (Å²) in [4.78, 5) is 23.2. The molecule has 1 amide bonds. The van der Waals surface area contributed by atoms with Gasteiger partial charge in [-0.25, -0.2) is 4.79 Å². The molecule has 1 aliphatic heterocycles. The van der Waals surface area contributed by atoms with E-state index in [0.29, 0.717) is 12.1 Å². The van der Waals surface area contributed by atoms with Crippen LogP contribution >= 0.6 is 0 Å². The monoisotopic (exact) mass is 262 g/mol. The molecule has 2 N–H and O–H groups in total. The van der Waals surface area contributed by atoms with Crippen molar-refractivity contribution in [2.75, 3.05) is 13.7 Å². The number of carbonyl (C=O) groups excluding carboxylic acids is 2. The fourth-order valence-corrected chi connectivity index (χ4v) is 2.15. The molecule has 102 valence electrons. The van der Waals surface area contributed by atoms with Crippen LogP contribution in [0.25, 0.3) is 0 Å². The van der Waals surface area contributed by atoms with Gasteiger partial charge in [0.2, 0.25) is 5.91 Å². The minimum absolute atomic E-state index is 0.0148. The van der Waals surface area contributed by atoms with E-state index < -0.39 is 0 Å². The Kier molecular flexibility index (Phi) is 4.52. The van der Waals surface area contributed by atoms with Gasteiger partial charge in [-0.05, 0) is 37.1 Å². The van der Waals surface area contributed by atoms with Crippen LogP contribution in [0.15, 0.2) is 24.3 Å². The first-order chi connectivity index (χ1) is 9.20. The average molecular weight is 262 g/mol. The second kappa shape index (κ2) is 6.33. The molecule has 1 aromatic rings. The minimum Gasteiger partial charge on any atom is -0.465 e. The van der Waals surface area contributed by atoms with E-state index in [1.807, 2.05) is 6.07 Å². The van der Waals surface area contributed by atoms with Crippen molar-refractivity contribution in [3.8, 4) is 0 Å². The summed E-state index contributed by atoms with van der Waals surface area (Å²) in [5.41, 5.74) is 1.38. The fraction of sp³-hybridized carbons (Fsp3) is 0.429. The van der Waals surface area contributed by atoms with Crippen LogP contribution in [0.5, 0.6) is 0 Å². The molecule has 19 heavy (non-hydrogen) atoms. The van der Waals surface area contributed by atoms with Gasteiger partial charge >= 0.3 is 5.97 Å². The second-order valence-electron chi connectivity index (χ2n) is 4.56. The van der Waals surface area contributed by atoms with Crippen molar-refractivity contribution >= 4 is 11.9 Å². The molecule has 1 aromatic carbocycles. The lowest BCUT2D eigenvalue weighted by molar-refractivity contribution is -0.122. The Hall–Kier alpha value is -1.88. The molecule has 0 bridgehead atoms. The van der Waals surface area contributed by atoms with Crippen LogP contribution in [0, 0.1) is 0 Å². The zero-order chi connectivity index (χ0) is 13.7. The third kappa shape index (κ3) is 3.54. The van der Waals surface area contributed by atoms with E-state index in [1.165, 1.54) is 7.11 Å². The van der Waals surface area contributed by atoms with Crippen molar-refractivity contribution < 1.29 is 14.3 Å². The Morgan fingerprint density at radius 2 is 2.32 bits per heavy atom. The Morgan fingerprint density at radius 1 is 1.47 bits per heavy atom. The third-order valence-corrected chi connectivity index (χ3v) is 3.19. The topological polar surface area (TPSA) is 67.4 Å². The van der Waals surface area contributed by atoms with Crippen molar-refractivity contribution in [1.82, 2.24) is 10.6 Å². The van der Waals surface area contributed by atoms with Gasteiger partial charge < -0.3 is 15.4 Å². The number of amides is 1. The SMILES string of the molecule is COC(=O)c1cccc(CNC(=O)C2CCCN2)c1. The summed E-state index contributed by atoms with van der Waals surface area (Å²) in [6.07, 6.45) is 1.92. The molecule has 1 aliphatic rings. The molecular formula is C14H18N2O3. The van der Waals surface area contributed by atoms with E-state index in [9.17, 15) is 9.59 Å². The Labute approximate surface area is 112 Å². The number of hydrogen-bond acceptors (Lipinski definition) is 4. The largest absolute Gasteiger partial charge is 0.465 e. The van der Waals surface area contributed by atoms with Crippen LogP contribution in [0.1, 0.15) is 28.8 Å². The summed E-state index contributed by atoms with van der Waals surface area (Å²) in [7, 11) is 1.35. The van der Waals surface area contributed by atoms with Gasteiger partial charge in [0.05, 0.1) is 18.7 Å². The summed E-state index contributed by atoms with van der Waals surface area (Å²) in [5, 5.41) is 6.02. The maximum Gasteiger partial charge on any atom is 0.337 e. The van der Waals surface area contributed by atoms with E-state index in [0.717, 1.165) is 24.9 Å². The van der Waals surface area contributed by atoms with Crippen molar-refractivity contribution in [2.24, 2.45) is 0 Å². The molecule has 2 rings (SSSR count). The predicted octanol–water partition coefficient (Wildman–Crippen LogP) is 0.841. The van der Waals surface area contributed by atoms with E-state index in [-0.39, 0.29) is 17.9 Å². The summed E-state index contributed by atoms with van der Waals surface area (Å²) >= 11 is 0. The van der Waals surface area contributed by atoms with Crippen molar-refractivity contribution in [2.45, 2.75) is 25.4 Å². The van der Waals surface area contributed by atoms with Gasteiger partial charge in [0.15, 0.2) is 0 Å². The lowest BCUT2D eigenvalue weighted by atomic mass is 10.1. The van der Waals surface area contributed by atoms with Gasteiger partial charge in [-0.1, -0.05) is 12.1 Å². The van der Waals surface area contributed by atoms with Crippen LogP contribution in [0.4, 0.5) is 0 Å². The first-order valence-electron chi connectivity index (χ1n) is 6.39. The minimum atomic E-state index is -0.370. The van der Waals surface area contributed by atoms with Crippen LogP contribution < -0.4 is 10.6 Å². The second-order valence-corrected chi connectivity index (χ2v) is 4.56. The van der Waals surface area contributed by atoms with Gasteiger partial charge in [0.25, 0.3) is 0 Å². The molecule has 0 radical (unpaired) electrons. The highest BCUT2D eigenvalue weighted by molar-refractivity contribution is 5.89. The van der Waals surface area contributed by atoms with Crippen LogP contribution in [0.2, 0.25) is 0 Å². The molecule has 0 spiro atoms. The van der Waals surface area contributed by atoms with E-state index >= 15 is 0 Å². The molecule has 1 fully saturated rings. The van der Waals surface area contributed by atoms with Gasteiger partial charge in [-0.15, -0.1) is 0 Å². The summed E-state index contributed by atoms with van der Waals surface area (Å²) in [6, 6.07) is 6.99. The zero-order valence-corrected chi connectivity index (χ0v) is 10.9. The highest BCUT2D eigenvalue weighted by atomic mass is 16.5. The van der Waals surface area contributed by atoms with Crippen LogP contribution in [-0.4, -0.2) is 31.6 Å². The van der Waals surface area contributed by atoms with E-state index in [4.69, 9.17) is 0 Å². The molecule has 0 saturated carbocycles. The summed E-state index contributed by atoms with van der Waals surface area (Å²) < 4.78 is 4.66. The number of carbonyl (C=O) groups is 2. The van der Waals surface area contributed by atoms with Crippen LogP contribution in [0.3, 0.4) is 0 Å². The van der Waals surface area contributed by atoms with Crippen molar-refractivity contribution in [3.05, 3.63) is 35.4 Å². The van der Waals surface area contributed by atoms with Gasteiger partial charge in [0.1, 0.15) is 0 Å². The standard InChI is InChI=1S/C14H18N2O3/c1-19-14(18)11-5-2-4-10(8-11)9-16-13(17)12-6-3-7-15-12/h2,4-5,8,12,15H,3,6-7,9H2,1H3,(H,16,17). The Balaban J connectivity index is 1.92. The molecule has 1 heterocycles. The lowest BCUT2D eigenvalue weighted by Gasteiger charge is -2.11. The number of rotatable bonds is 4. The quantitative estimate of drug-likeness (QED) is 0.789. The first kappa shape index (κ1) is 13.5. The Bertz CT molecular complexity index is 468.